The Morgan fingerprint density at radius 1 is 1.52 bits per heavy atom. The summed E-state index contributed by atoms with van der Waals surface area (Å²) >= 11 is 3.00. The van der Waals surface area contributed by atoms with Crippen LogP contribution >= 0.6 is 15.9 Å². The Balaban J connectivity index is 2.90. The van der Waals surface area contributed by atoms with Crippen LogP contribution in [-0.4, -0.2) is 41.7 Å². The van der Waals surface area contributed by atoms with Gasteiger partial charge >= 0.3 is 5.97 Å². The first kappa shape index (κ1) is 17.1. The Morgan fingerprint density at radius 3 is 2.71 bits per heavy atom. The number of ether oxygens (including phenoxy) is 1. The van der Waals surface area contributed by atoms with Gasteiger partial charge in [0.05, 0.1) is 9.40 Å². The second kappa shape index (κ2) is 7.70. The van der Waals surface area contributed by atoms with E-state index in [2.05, 4.69) is 21.2 Å². The number of carboxylic acids is 1. The molecule has 0 spiro atoms. The summed E-state index contributed by atoms with van der Waals surface area (Å²) in [6, 6.07) is 2.68. The zero-order chi connectivity index (χ0) is 16.0. The van der Waals surface area contributed by atoms with Crippen LogP contribution in [0.1, 0.15) is 16.8 Å². The molecule has 0 radical (unpaired) electrons. The molecule has 114 valence electrons. The van der Waals surface area contributed by atoms with Gasteiger partial charge in [0.2, 0.25) is 0 Å². The summed E-state index contributed by atoms with van der Waals surface area (Å²) in [5, 5.41) is 22.1. The van der Waals surface area contributed by atoms with E-state index in [1.54, 1.807) is 0 Å². The number of aliphatic carboxylic acids is 1. The highest BCUT2D eigenvalue weighted by Crippen LogP contribution is 2.25. The summed E-state index contributed by atoms with van der Waals surface area (Å²) in [6.07, 6.45) is 0.0934. The average Bonchev–Trinajstić information content (AvgIpc) is 2.42. The second-order valence-electron chi connectivity index (χ2n) is 4.07. The maximum absolute atomic E-state index is 12.0. The van der Waals surface area contributed by atoms with Gasteiger partial charge in [0.15, 0.2) is 0 Å². The Bertz CT molecular complexity index is 563. The third-order valence-electron chi connectivity index (χ3n) is 2.62. The van der Waals surface area contributed by atoms with Crippen molar-refractivity contribution in [3.63, 3.8) is 0 Å². The summed E-state index contributed by atoms with van der Waals surface area (Å²) in [4.78, 5) is 33.1. The number of carbonyl (C=O) groups excluding carboxylic acids is 1. The van der Waals surface area contributed by atoms with Gasteiger partial charge in [0, 0.05) is 31.8 Å². The van der Waals surface area contributed by atoms with Gasteiger partial charge in [-0.1, -0.05) is 0 Å². The highest BCUT2D eigenvalue weighted by molar-refractivity contribution is 9.10. The third-order valence-corrected chi connectivity index (χ3v) is 3.29. The number of rotatable bonds is 7. The molecule has 9 heteroatoms. The molecule has 1 aromatic rings. The highest BCUT2D eigenvalue weighted by atomic mass is 79.9. The molecule has 1 atom stereocenters. The van der Waals surface area contributed by atoms with E-state index in [9.17, 15) is 19.7 Å². The van der Waals surface area contributed by atoms with Gasteiger partial charge in [-0.3, -0.25) is 14.9 Å². The molecule has 2 N–H and O–H groups in total. The summed E-state index contributed by atoms with van der Waals surface area (Å²) in [5.41, 5.74) is -0.264. The molecule has 21 heavy (non-hydrogen) atoms. The molecule has 0 fully saturated rings. The van der Waals surface area contributed by atoms with Crippen LogP contribution in [0.25, 0.3) is 0 Å². The van der Waals surface area contributed by atoms with Gasteiger partial charge in [0.1, 0.15) is 6.04 Å². The predicted octanol–water partition coefficient (Wildman–Crippen LogP) is 1.58. The number of benzene rings is 1. The van der Waals surface area contributed by atoms with Crippen molar-refractivity contribution in [2.45, 2.75) is 12.5 Å². The van der Waals surface area contributed by atoms with E-state index < -0.39 is 22.8 Å². The number of nitro groups is 1. The summed E-state index contributed by atoms with van der Waals surface area (Å²) in [7, 11) is 1.42. The van der Waals surface area contributed by atoms with Crippen LogP contribution in [0, 0.1) is 10.1 Å². The van der Waals surface area contributed by atoms with Crippen LogP contribution in [0.15, 0.2) is 22.7 Å². The van der Waals surface area contributed by atoms with Gasteiger partial charge in [0.25, 0.3) is 11.6 Å². The van der Waals surface area contributed by atoms with Crippen molar-refractivity contribution in [3.05, 3.63) is 38.3 Å². The molecular weight excluding hydrogens is 348 g/mol. The first-order valence-corrected chi connectivity index (χ1v) is 6.62. The Labute approximate surface area is 128 Å². The first-order chi connectivity index (χ1) is 9.86. The largest absolute Gasteiger partial charge is 0.480 e. The number of carboxylic acid groups (broad SMARTS) is 1. The minimum atomic E-state index is -1.20. The lowest BCUT2D eigenvalue weighted by Crippen LogP contribution is -2.41. The Morgan fingerprint density at radius 2 is 2.19 bits per heavy atom. The van der Waals surface area contributed by atoms with Crippen LogP contribution in [0.5, 0.6) is 0 Å². The monoisotopic (exact) mass is 360 g/mol. The van der Waals surface area contributed by atoms with Crippen molar-refractivity contribution in [3.8, 4) is 0 Å². The fraction of sp³-hybridized carbons (Fsp3) is 0.333. The lowest BCUT2D eigenvalue weighted by Gasteiger charge is -2.14. The number of nitrogens with one attached hydrogen (secondary N) is 1. The number of halogens is 1. The van der Waals surface area contributed by atoms with Gasteiger partial charge in [-0.15, -0.1) is 0 Å². The summed E-state index contributed by atoms with van der Waals surface area (Å²) < 4.78 is 5.00. The van der Waals surface area contributed by atoms with Gasteiger partial charge < -0.3 is 15.2 Å². The molecule has 1 unspecified atom stereocenters. The number of nitrogens with zero attached hydrogens (tertiary/aromatic N) is 1. The molecule has 1 aromatic carbocycles. The normalized spacial score (nSPS) is 11.7. The zero-order valence-corrected chi connectivity index (χ0v) is 12.6. The number of hydrogen-bond donors (Lipinski definition) is 2. The van der Waals surface area contributed by atoms with Crippen molar-refractivity contribution >= 4 is 33.5 Å². The zero-order valence-electron chi connectivity index (χ0n) is 11.0. The number of carbonyl (C=O) groups is 2. The van der Waals surface area contributed by atoms with E-state index in [0.717, 1.165) is 6.07 Å². The molecular formula is C12H13BrN2O6. The SMILES string of the molecule is COCCC(NC(=O)c1ccc(Br)c([N+](=O)[O-])c1)C(=O)O. The van der Waals surface area contributed by atoms with E-state index in [0.29, 0.717) is 0 Å². The van der Waals surface area contributed by atoms with E-state index in [4.69, 9.17) is 9.84 Å². The topological polar surface area (TPSA) is 119 Å². The van der Waals surface area contributed by atoms with Gasteiger partial charge in [-0.05, 0) is 28.1 Å². The molecule has 0 aliphatic carbocycles. The molecule has 0 aromatic heterocycles. The van der Waals surface area contributed by atoms with E-state index in [-0.39, 0.29) is 28.8 Å². The van der Waals surface area contributed by atoms with Crippen LogP contribution < -0.4 is 5.32 Å². The quantitative estimate of drug-likeness (QED) is 0.562. The first-order valence-electron chi connectivity index (χ1n) is 5.83. The Kier molecular flexibility index (Phi) is 6.25. The average molecular weight is 361 g/mol. The van der Waals surface area contributed by atoms with Crippen LogP contribution in [-0.2, 0) is 9.53 Å². The van der Waals surface area contributed by atoms with Gasteiger partial charge in [-0.25, -0.2) is 4.79 Å². The summed E-state index contributed by atoms with van der Waals surface area (Å²) in [5.74, 6) is -1.90. The van der Waals surface area contributed by atoms with Crippen molar-refractivity contribution in [1.82, 2.24) is 5.32 Å². The predicted molar refractivity (Wildman–Crippen MR) is 76.2 cm³/mol. The van der Waals surface area contributed by atoms with Crippen molar-refractivity contribution < 1.29 is 24.4 Å². The van der Waals surface area contributed by atoms with Gasteiger partial charge in [-0.2, -0.15) is 0 Å². The lowest BCUT2D eigenvalue weighted by atomic mass is 10.1. The fourth-order valence-electron chi connectivity index (χ4n) is 1.53. The molecule has 0 saturated heterocycles. The van der Waals surface area contributed by atoms with E-state index in [1.165, 1.54) is 19.2 Å². The van der Waals surface area contributed by atoms with Crippen LogP contribution in [0.3, 0.4) is 0 Å². The summed E-state index contributed by atoms with van der Waals surface area (Å²) in [6.45, 7) is 0.164. The molecule has 8 nitrogen and oxygen atoms in total. The Hall–Kier alpha value is -2.00. The molecule has 0 aliphatic heterocycles. The molecule has 0 saturated carbocycles. The second-order valence-corrected chi connectivity index (χ2v) is 4.92. The smallest absolute Gasteiger partial charge is 0.326 e. The maximum atomic E-state index is 12.0. The van der Waals surface area contributed by atoms with Crippen molar-refractivity contribution in [1.29, 1.82) is 0 Å². The number of amides is 1. The molecule has 0 bridgehead atoms. The molecule has 0 aliphatic rings. The standard InChI is InChI=1S/C12H13BrN2O6/c1-21-5-4-9(12(17)18)14-11(16)7-2-3-8(13)10(6-7)15(19)20/h2-3,6,9H,4-5H2,1H3,(H,14,16)(H,17,18). The molecule has 1 amide bonds. The number of methoxy groups -OCH3 is 1. The minimum Gasteiger partial charge on any atom is -0.480 e. The van der Waals surface area contributed by atoms with E-state index >= 15 is 0 Å². The maximum Gasteiger partial charge on any atom is 0.326 e. The van der Waals surface area contributed by atoms with Crippen LogP contribution in [0.4, 0.5) is 5.69 Å². The number of hydrogen-bond acceptors (Lipinski definition) is 5. The van der Waals surface area contributed by atoms with E-state index in [1.807, 2.05) is 0 Å². The molecule has 0 heterocycles. The van der Waals surface area contributed by atoms with Crippen LogP contribution in [0.2, 0.25) is 0 Å². The third kappa shape index (κ3) is 4.80. The fourth-order valence-corrected chi connectivity index (χ4v) is 1.92. The molecule has 1 rings (SSSR count). The van der Waals surface area contributed by atoms with Crippen molar-refractivity contribution in [2.75, 3.05) is 13.7 Å². The lowest BCUT2D eigenvalue weighted by molar-refractivity contribution is -0.385. The van der Waals surface area contributed by atoms with Crippen molar-refractivity contribution in [2.24, 2.45) is 0 Å². The minimum absolute atomic E-state index is 0.00793. The number of nitro benzene ring substituents is 1. The highest BCUT2D eigenvalue weighted by Gasteiger charge is 2.22.